The fraction of sp³-hybridized carbons (Fsp3) is 0.588. The Hall–Kier alpha value is -1.46. The molecule has 0 amide bonds. The van der Waals surface area contributed by atoms with E-state index in [0.717, 1.165) is 25.9 Å². The van der Waals surface area contributed by atoms with Crippen molar-refractivity contribution in [1.82, 2.24) is 4.90 Å². The van der Waals surface area contributed by atoms with Crippen LogP contribution in [0.2, 0.25) is 0 Å². The van der Waals surface area contributed by atoms with E-state index in [1.54, 1.807) is 18.2 Å². The van der Waals surface area contributed by atoms with Crippen molar-refractivity contribution >= 4 is 5.97 Å². The van der Waals surface area contributed by atoms with Gasteiger partial charge in [0.05, 0.1) is 12.7 Å². The molecule has 0 spiro atoms. The van der Waals surface area contributed by atoms with Crippen molar-refractivity contribution in [2.24, 2.45) is 5.92 Å². The number of aliphatic hydroxyl groups is 1. The van der Waals surface area contributed by atoms with Gasteiger partial charge in [-0.05, 0) is 44.8 Å². The fourth-order valence-corrected chi connectivity index (χ4v) is 2.92. The molecule has 0 radical (unpaired) electrons. The Balaban J connectivity index is 1.78. The first kappa shape index (κ1) is 16.9. The predicted octanol–water partition coefficient (Wildman–Crippen LogP) is 2.52. The molecule has 1 atom stereocenters. The number of halogens is 1. The maximum atomic E-state index is 13.6. The number of likely N-dealkylation sites (tertiary alicyclic amines) is 1. The lowest BCUT2D eigenvalue weighted by Gasteiger charge is -2.32. The van der Waals surface area contributed by atoms with Crippen molar-refractivity contribution in [3.63, 3.8) is 0 Å². The lowest BCUT2D eigenvalue weighted by atomic mass is 9.93. The van der Waals surface area contributed by atoms with Crippen LogP contribution in [0.5, 0.6) is 0 Å². The van der Waals surface area contributed by atoms with Gasteiger partial charge in [0.1, 0.15) is 5.82 Å². The average Bonchev–Trinajstić information content (AvgIpc) is 2.50. The zero-order valence-electron chi connectivity index (χ0n) is 13.0. The minimum Gasteiger partial charge on any atom is -0.466 e. The highest BCUT2D eigenvalue weighted by molar-refractivity contribution is 5.69. The third-order valence-corrected chi connectivity index (χ3v) is 4.16. The summed E-state index contributed by atoms with van der Waals surface area (Å²) in [5.74, 6) is -0.152. The third-order valence-electron chi connectivity index (χ3n) is 4.16. The van der Waals surface area contributed by atoms with Gasteiger partial charge in [-0.25, -0.2) is 4.39 Å². The van der Waals surface area contributed by atoms with E-state index >= 15 is 0 Å². The lowest BCUT2D eigenvalue weighted by Crippen LogP contribution is -2.37. The van der Waals surface area contributed by atoms with Gasteiger partial charge in [0.25, 0.3) is 0 Å². The molecule has 1 aliphatic heterocycles. The van der Waals surface area contributed by atoms with Crippen molar-refractivity contribution in [3.8, 4) is 0 Å². The number of benzene rings is 1. The summed E-state index contributed by atoms with van der Waals surface area (Å²) in [6, 6.07) is 6.33. The van der Waals surface area contributed by atoms with Crippen LogP contribution in [0.15, 0.2) is 24.3 Å². The van der Waals surface area contributed by atoms with Crippen molar-refractivity contribution in [1.29, 1.82) is 0 Å². The van der Waals surface area contributed by atoms with Crippen molar-refractivity contribution in [3.05, 3.63) is 35.6 Å². The molecule has 5 heteroatoms. The van der Waals surface area contributed by atoms with Crippen molar-refractivity contribution < 1.29 is 19.0 Å². The smallest absolute Gasteiger partial charge is 0.306 e. The summed E-state index contributed by atoms with van der Waals surface area (Å²) in [6.07, 6.45) is 1.46. The van der Waals surface area contributed by atoms with Crippen molar-refractivity contribution in [2.75, 3.05) is 26.2 Å². The first-order valence-electron chi connectivity index (χ1n) is 7.90. The van der Waals surface area contributed by atoms with E-state index in [4.69, 9.17) is 4.74 Å². The van der Waals surface area contributed by atoms with Crippen LogP contribution in [-0.2, 0) is 9.53 Å². The fourth-order valence-electron chi connectivity index (χ4n) is 2.92. The topological polar surface area (TPSA) is 49.8 Å². The Morgan fingerprint density at radius 1 is 1.41 bits per heavy atom. The largest absolute Gasteiger partial charge is 0.466 e. The van der Waals surface area contributed by atoms with Gasteiger partial charge >= 0.3 is 5.97 Å². The van der Waals surface area contributed by atoms with Crippen LogP contribution < -0.4 is 0 Å². The summed E-state index contributed by atoms with van der Waals surface area (Å²) in [7, 11) is 0. The molecule has 0 saturated carbocycles. The number of β-amino-alcohol motifs (C(OH)–C–C–N with tert-alkyl or cyclic N) is 1. The summed E-state index contributed by atoms with van der Waals surface area (Å²) in [5.41, 5.74) is 0.344. The highest BCUT2D eigenvalue weighted by Gasteiger charge is 2.24. The zero-order valence-corrected chi connectivity index (χ0v) is 13.0. The monoisotopic (exact) mass is 309 g/mol. The van der Waals surface area contributed by atoms with E-state index in [9.17, 15) is 14.3 Å². The Labute approximate surface area is 130 Å². The molecule has 1 aromatic rings. The first-order chi connectivity index (χ1) is 10.6. The number of carbonyl (C=O) groups is 1. The number of carbonyl (C=O) groups excluding carboxylic acids is 1. The summed E-state index contributed by atoms with van der Waals surface area (Å²) < 4.78 is 18.6. The highest BCUT2D eigenvalue weighted by Crippen LogP contribution is 2.24. The maximum Gasteiger partial charge on any atom is 0.306 e. The van der Waals surface area contributed by atoms with E-state index in [0.29, 0.717) is 31.1 Å². The second-order valence-corrected chi connectivity index (χ2v) is 5.79. The summed E-state index contributed by atoms with van der Waals surface area (Å²) in [4.78, 5) is 13.6. The summed E-state index contributed by atoms with van der Waals surface area (Å²) >= 11 is 0. The quantitative estimate of drug-likeness (QED) is 0.820. The number of hydrogen-bond donors (Lipinski definition) is 1. The molecular weight excluding hydrogens is 285 g/mol. The van der Waals surface area contributed by atoms with E-state index in [2.05, 4.69) is 4.90 Å². The minimum absolute atomic E-state index is 0.132. The SMILES string of the molecule is CCOC(=O)CC1CCN(CC(O)c2ccccc2F)CC1. The molecule has 0 aromatic heterocycles. The maximum absolute atomic E-state index is 13.6. The molecule has 1 fully saturated rings. The second-order valence-electron chi connectivity index (χ2n) is 5.79. The van der Waals surface area contributed by atoms with Crippen LogP contribution in [0, 0.1) is 11.7 Å². The molecule has 0 aliphatic carbocycles. The summed E-state index contributed by atoms with van der Waals surface area (Å²) in [5, 5.41) is 10.2. The molecule has 0 bridgehead atoms. The third kappa shape index (κ3) is 4.78. The van der Waals surface area contributed by atoms with Gasteiger partial charge in [-0.2, -0.15) is 0 Å². The Bertz CT molecular complexity index is 487. The molecule has 1 N–H and O–H groups in total. The number of rotatable bonds is 6. The van der Waals surface area contributed by atoms with Crippen LogP contribution in [0.4, 0.5) is 4.39 Å². The van der Waals surface area contributed by atoms with E-state index < -0.39 is 6.10 Å². The van der Waals surface area contributed by atoms with Crippen molar-refractivity contribution in [2.45, 2.75) is 32.3 Å². The van der Waals surface area contributed by atoms with Crippen LogP contribution in [0.25, 0.3) is 0 Å². The van der Waals surface area contributed by atoms with Crippen LogP contribution in [0.3, 0.4) is 0 Å². The van der Waals surface area contributed by atoms with Gasteiger partial charge in [-0.3, -0.25) is 4.79 Å². The molecular formula is C17H24FNO3. The number of ether oxygens (including phenoxy) is 1. The molecule has 2 rings (SSSR count). The summed E-state index contributed by atoms with van der Waals surface area (Å²) in [6.45, 7) is 4.29. The Morgan fingerprint density at radius 3 is 2.73 bits per heavy atom. The van der Waals surface area contributed by atoms with E-state index in [1.807, 2.05) is 6.92 Å². The van der Waals surface area contributed by atoms with Gasteiger partial charge in [0.2, 0.25) is 0 Å². The molecule has 1 aromatic carbocycles. The van der Waals surface area contributed by atoms with E-state index in [1.165, 1.54) is 6.07 Å². The Morgan fingerprint density at radius 2 is 2.09 bits per heavy atom. The molecule has 22 heavy (non-hydrogen) atoms. The highest BCUT2D eigenvalue weighted by atomic mass is 19.1. The molecule has 1 saturated heterocycles. The first-order valence-corrected chi connectivity index (χ1v) is 7.90. The van der Waals surface area contributed by atoms with Crippen LogP contribution in [-0.4, -0.2) is 42.2 Å². The second kappa shape index (κ2) is 8.25. The molecule has 1 heterocycles. The predicted molar refractivity (Wildman–Crippen MR) is 81.8 cm³/mol. The van der Waals surface area contributed by atoms with Crippen LogP contribution in [0.1, 0.15) is 37.9 Å². The number of piperidine rings is 1. The molecule has 1 aliphatic rings. The van der Waals surface area contributed by atoms with Crippen LogP contribution >= 0.6 is 0 Å². The standard InChI is InChI=1S/C17H24FNO3/c1-2-22-17(21)11-13-7-9-19(10-8-13)12-16(20)14-5-3-4-6-15(14)18/h3-6,13,16,20H,2,7-12H2,1H3. The lowest BCUT2D eigenvalue weighted by molar-refractivity contribution is -0.144. The molecule has 122 valence electrons. The zero-order chi connectivity index (χ0) is 15.9. The number of esters is 1. The van der Waals surface area contributed by atoms with Gasteiger partial charge in [-0.1, -0.05) is 18.2 Å². The molecule has 4 nitrogen and oxygen atoms in total. The normalized spacial score (nSPS) is 18.1. The number of hydrogen-bond acceptors (Lipinski definition) is 4. The van der Waals surface area contributed by atoms with Gasteiger partial charge in [-0.15, -0.1) is 0 Å². The Kier molecular flexibility index (Phi) is 6.34. The number of nitrogens with zero attached hydrogens (tertiary/aromatic N) is 1. The van der Waals surface area contributed by atoms with Gasteiger partial charge in [0.15, 0.2) is 0 Å². The van der Waals surface area contributed by atoms with E-state index in [-0.39, 0.29) is 11.8 Å². The van der Waals surface area contributed by atoms with Gasteiger partial charge in [0, 0.05) is 18.5 Å². The van der Waals surface area contributed by atoms with Gasteiger partial charge < -0.3 is 14.7 Å². The molecule has 1 unspecified atom stereocenters. The average molecular weight is 309 g/mol. The minimum atomic E-state index is -0.817. The number of aliphatic hydroxyl groups excluding tert-OH is 1.